The first-order valence-electron chi connectivity index (χ1n) is 15.4. The van der Waals surface area contributed by atoms with Gasteiger partial charge in [-0.1, -0.05) is 38.1 Å². The molecule has 1 aliphatic rings. The van der Waals surface area contributed by atoms with E-state index in [1.54, 1.807) is 21.3 Å². The molecule has 1 N–H and O–H groups in total. The average molecular weight is 720 g/mol. The summed E-state index contributed by atoms with van der Waals surface area (Å²) in [5.74, 6) is 2.32. The lowest BCUT2D eigenvalue weighted by Crippen LogP contribution is -3.00. The molecular formula is C36H54IN3O4. The molecule has 3 rings (SSSR count). The van der Waals surface area contributed by atoms with Crippen LogP contribution in [0.5, 0.6) is 17.2 Å². The van der Waals surface area contributed by atoms with Crippen LogP contribution >= 0.6 is 0 Å². The van der Waals surface area contributed by atoms with Gasteiger partial charge in [-0.25, -0.2) is 0 Å². The zero-order valence-electron chi connectivity index (χ0n) is 28.8. The van der Waals surface area contributed by atoms with Gasteiger partial charge in [0.25, 0.3) is 0 Å². The zero-order valence-corrected chi connectivity index (χ0v) is 30.9. The number of nitrogens with zero attached hydrogens (tertiary/aromatic N) is 3. The second kappa shape index (κ2) is 14.8. The fourth-order valence-corrected chi connectivity index (χ4v) is 6.73. The number of quaternary nitrogens is 1. The average Bonchev–Trinajstić information content (AvgIpc) is 3.12. The lowest BCUT2D eigenvalue weighted by molar-refractivity contribution is -0.905. The number of hydrogen-bond donors (Lipinski definition) is 1. The van der Waals surface area contributed by atoms with E-state index in [2.05, 4.69) is 85.9 Å². The molecule has 0 bridgehead atoms. The van der Waals surface area contributed by atoms with Crippen LogP contribution < -0.4 is 38.2 Å². The van der Waals surface area contributed by atoms with Crippen LogP contribution in [-0.4, -0.2) is 73.8 Å². The van der Waals surface area contributed by atoms with Crippen LogP contribution in [0.4, 0.5) is 0 Å². The van der Waals surface area contributed by atoms with Crippen molar-refractivity contribution in [2.45, 2.75) is 84.2 Å². The summed E-state index contributed by atoms with van der Waals surface area (Å²) in [6.07, 6.45) is 4.72. The van der Waals surface area contributed by atoms with E-state index in [1.807, 2.05) is 18.2 Å². The van der Waals surface area contributed by atoms with Crippen molar-refractivity contribution in [1.82, 2.24) is 5.06 Å². The summed E-state index contributed by atoms with van der Waals surface area (Å²) < 4.78 is 17.5. The molecule has 0 radical (unpaired) electrons. The van der Waals surface area contributed by atoms with Crippen LogP contribution in [-0.2, 0) is 11.8 Å². The maximum atomic E-state index is 11.0. The van der Waals surface area contributed by atoms with Crippen LogP contribution in [0, 0.1) is 24.2 Å². The highest BCUT2D eigenvalue weighted by Gasteiger charge is 2.47. The number of halogens is 1. The Morgan fingerprint density at radius 2 is 1.59 bits per heavy atom. The van der Waals surface area contributed by atoms with E-state index in [4.69, 9.17) is 14.2 Å². The number of ether oxygens (including phenoxy) is 3. The van der Waals surface area contributed by atoms with Crippen molar-refractivity contribution in [2.75, 3.05) is 48.0 Å². The van der Waals surface area contributed by atoms with Gasteiger partial charge in [0.15, 0.2) is 11.5 Å². The van der Waals surface area contributed by atoms with Gasteiger partial charge < -0.3 is 47.9 Å². The molecule has 244 valence electrons. The number of likely N-dealkylation sites (N-methyl/N-ethyl adjacent to an activating group) is 1. The predicted octanol–water partition coefficient (Wildman–Crippen LogP) is 4.10. The number of methoxy groups -OCH3 is 3. The minimum Gasteiger partial charge on any atom is -1.00 e. The first-order chi connectivity index (χ1) is 20.1. The Labute approximate surface area is 283 Å². The molecular weight excluding hydrogens is 665 g/mol. The first-order valence-corrected chi connectivity index (χ1v) is 15.4. The van der Waals surface area contributed by atoms with Gasteiger partial charge in [-0.2, -0.15) is 10.3 Å². The van der Waals surface area contributed by atoms with Crippen molar-refractivity contribution in [3.63, 3.8) is 0 Å². The molecule has 0 fully saturated rings. The minimum absolute atomic E-state index is 0. The van der Waals surface area contributed by atoms with Crippen molar-refractivity contribution in [3.05, 3.63) is 64.7 Å². The molecule has 0 saturated carbocycles. The van der Waals surface area contributed by atoms with Gasteiger partial charge >= 0.3 is 0 Å². The van der Waals surface area contributed by atoms with E-state index in [-0.39, 0.29) is 29.9 Å². The predicted molar refractivity (Wildman–Crippen MR) is 173 cm³/mol. The fourth-order valence-electron chi connectivity index (χ4n) is 6.73. The summed E-state index contributed by atoms with van der Waals surface area (Å²) in [4.78, 5) is 0. The van der Waals surface area contributed by atoms with E-state index in [9.17, 15) is 10.5 Å². The van der Waals surface area contributed by atoms with Crippen LogP contribution in [0.25, 0.3) is 0 Å². The molecule has 8 heteroatoms. The first kappa shape index (κ1) is 37.9. The topological polar surface area (TPSA) is 75.0 Å². The Kier molecular flexibility index (Phi) is 12.8. The molecule has 7 nitrogen and oxygen atoms in total. The number of hydrogen-bond acceptors (Lipinski definition) is 6. The molecule has 2 unspecified atom stereocenters. The number of benzene rings is 2. The number of rotatable bonds is 14. The van der Waals surface area contributed by atoms with Crippen LogP contribution in [0.3, 0.4) is 0 Å². The Morgan fingerprint density at radius 1 is 0.955 bits per heavy atom. The number of hydroxylamine groups is 2. The molecule has 0 aliphatic carbocycles. The van der Waals surface area contributed by atoms with E-state index in [0.717, 1.165) is 60.3 Å². The van der Waals surface area contributed by atoms with Crippen LogP contribution in [0.2, 0.25) is 0 Å². The lowest BCUT2D eigenvalue weighted by atomic mass is 9.69. The minimum atomic E-state index is -0.662. The van der Waals surface area contributed by atoms with Crippen LogP contribution in [0.1, 0.15) is 71.1 Å². The highest BCUT2D eigenvalue weighted by Crippen LogP contribution is 2.42. The van der Waals surface area contributed by atoms with Gasteiger partial charge in [0, 0.05) is 12.0 Å². The third kappa shape index (κ3) is 7.90. The van der Waals surface area contributed by atoms with E-state index in [0.29, 0.717) is 11.5 Å². The molecule has 1 heterocycles. The lowest BCUT2D eigenvalue weighted by Gasteiger charge is -2.41. The number of nitriles is 1. The second-order valence-corrected chi connectivity index (χ2v) is 13.9. The van der Waals surface area contributed by atoms with Crippen molar-refractivity contribution in [3.8, 4) is 23.3 Å². The zero-order chi connectivity index (χ0) is 32.2. The maximum absolute atomic E-state index is 11.0. The summed E-state index contributed by atoms with van der Waals surface area (Å²) in [5.41, 5.74) is 3.00. The van der Waals surface area contributed by atoms with Gasteiger partial charge in [-0.3, -0.25) is 0 Å². The van der Waals surface area contributed by atoms with Crippen molar-refractivity contribution in [2.24, 2.45) is 5.92 Å². The molecule has 0 amide bonds. The molecule has 2 aromatic rings. The standard InChI is InChI=1S/C36H54N3O4.HI/c1-26(2)36(25-37,29-15-16-31(41-9)33(22-29)43-11)18-12-19-39(8,20-17-28-14-13-27(3)32(21-28)42-10)24-30-23-34(4,5)38(40)35(30,6)7;/h13-16,21-23,26,40H,12,17-20,24H2,1-11H3;1H/q+1;/p-1. The molecule has 0 spiro atoms. The summed E-state index contributed by atoms with van der Waals surface area (Å²) in [6, 6.07) is 15.0. The van der Waals surface area contributed by atoms with E-state index >= 15 is 0 Å². The monoisotopic (exact) mass is 719 g/mol. The molecule has 44 heavy (non-hydrogen) atoms. The summed E-state index contributed by atoms with van der Waals surface area (Å²) in [5, 5.41) is 23.2. The van der Waals surface area contributed by atoms with Crippen molar-refractivity contribution in [1.29, 1.82) is 5.26 Å². The highest BCUT2D eigenvalue weighted by molar-refractivity contribution is 5.47. The Hall–Kier alpha value is -2.32. The van der Waals surface area contributed by atoms with Gasteiger partial charge in [0.1, 0.15) is 12.3 Å². The fraction of sp³-hybridized carbons (Fsp3) is 0.583. The Bertz CT molecular complexity index is 1350. The van der Waals surface area contributed by atoms with Gasteiger partial charge in [0.05, 0.1) is 64.0 Å². The smallest absolute Gasteiger partial charge is 0.161 e. The van der Waals surface area contributed by atoms with E-state index < -0.39 is 16.5 Å². The van der Waals surface area contributed by atoms with E-state index in [1.165, 1.54) is 16.2 Å². The third-order valence-electron chi connectivity index (χ3n) is 9.71. The van der Waals surface area contributed by atoms with Gasteiger partial charge in [-0.05, 0) is 88.3 Å². The molecule has 2 atom stereocenters. The SMILES string of the molecule is COc1cc(CC[N+](C)(CCCC(C#N)(c2ccc(OC)c(OC)c2)C(C)C)CC2=CC(C)(C)N(O)C2(C)C)ccc1C.[I-]. The molecule has 0 aromatic heterocycles. The Morgan fingerprint density at radius 3 is 2.11 bits per heavy atom. The molecule has 0 saturated heterocycles. The summed E-state index contributed by atoms with van der Waals surface area (Å²) in [7, 11) is 7.29. The second-order valence-electron chi connectivity index (χ2n) is 13.9. The Balaban J connectivity index is 0.00000675. The van der Waals surface area contributed by atoms with Gasteiger partial charge in [-0.15, -0.1) is 0 Å². The van der Waals surface area contributed by atoms with Crippen LogP contribution in [0.15, 0.2) is 48.0 Å². The van der Waals surface area contributed by atoms with Gasteiger partial charge in [0.2, 0.25) is 0 Å². The highest BCUT2D eigenvalue weighted by atomic mass is 127. The third-order valence-corrected chi connectivity index (χ3v) is 9.71. The quantitative estimate of drug-likeness (QED) is 0.180. The number of aryl methyl sites for hydroxylation is 1. The molecule has 1 aliphatic heterocycles. The van der Waals surface area contributed by atoms with Crippen molar-refractivity contribution < 1.29 is 47.9 Å². The normalized spacial score (nSPS) is 18.4. The van der Waals surface area contributed by atoms with Crippen molar-refractivity contribution >= 4 is 0 Å². The summed E-state index contributed by atoms with van der Waals surface area (Å²) >= 11 is 0. The molecule has 2 aromatic carbocycles. The maximum Gasteiger partial charge on any atom is 0.161 e. The largest absolute Gasteiger partial charge is 1.00 e. The summed E-state index contributed by atoms with van der Waals surface area (Å²) in [6.45, 7) is 17.2.